The van der Waals surface area contributed by atoms with Crippen molar-refractivity contribution in [3.63, 3.8) is 0 Å². The number of esters is 1. The first kappa shape index (κ1) is 17.5. The summed E-state index contributed by atoms with van der Waals surface area (Å²) in [6, 6.07) is 0. The zero-order chi connectivity index (χ0) is 14.7. The van der Waals surface area contributed by atoms with E-state index in [-0.39, 0.29) is 24.9 Å². The van der Waals surface area contributed by atoms with Crippen LogP contribution in [0.1, 0.15) is 26.7 Å². The molecular weight excluding hydrogens is 244 g/mol. The lowest BCUT2D eigenvalue weighted by atomic mass is 10.2. The number of hydrogen-bond acceptors (Lipinski definition) is 5. The molecule has 5 heteroatoms. The van der Waals surface area contributed by atoms with Gasteiger partial charge in [-0.3, -0.25) is 19.5 Å². The van der Waals surface area contributed by atoms with Gasteiger partial charge >= 0.3 is 5.97 Å². The molecule has 0 amide bonds. The predicted molar refractivity (Wildman–Crippen MR) is 76.5 cm³/mol. The molecule has 0 fully saturated rings. The smallest absolute Gasteiger partial charge is 0.320 e. The van der Waals surface area contributed by atoms with Crippen molar-refractivity contribution in [1.29, 1.82) is 0 Å². The number of allylic oxidation sites excluding steroid dienone is 2. The molecule has 0 aliphatic rings. The van der Waals surface area contributed by atoms with Gasteiger partial charge < -0.3 is 4.74 Å². The summed E-state index contributed by atoms with van der Waals surface area (Å²) < 4.78 is 4.80. The number of carbonyl (C=O) groups excluding carboxylic acids is 2. The summed E-state index contributed by atoms with van der Waals surface area (Å²) in [5.41, 5.74) is 1.01. The second-order valence-electron chi connectivity index (χ2n) is 4.38. The van der Waals surface area contributed by atoms with E-state index in [2.05, 4.69) is 18.0 Å². The summed E-state index contributed by atoms with van der Waals surface area (Å²) in [6.07, 6.45) is 5.82. The lowest BCUT2D eigenvalue weighted by Gasteiger charge is -2.15. The van der Waals surface area contributed by atoms with Crippen molar-refractivity contribution >= 4 is 17.5 Å². The first-order valence-corrected chi connectivity index (χ1v) is 6.45. The van der Waals surface area contributed by atoms with Gasteiger partial charge in [0.2, 0.25) is 0 Å². The van der Waals surface area contributed by atoms with E-state index >= 15 is 0 Å². The van der Waals surface area contributed by atoms with Crippen molar-refractivity contribution in [1.82, 2.24) is 4.90 Å². The number of ketones is 1. The second-order valence-corrected chi connectivity index (χ2v) is 4.38. The van der Waals surface area contributed by atoms with Gasteiger partial charge in [-0.1, -0.05) is 13.0 Å². The van der Waals surface area contributed by atoms with Crippen LogP contribution < -0.4 is 0 Å². The Bertz CT molecular complexity index is 349. The van der Waals surface area contributed by atoms with Gasteiger partial charge in [0, 0.05) is 25.7 Å². The minimum Gasteiger partial charge on any atom is -0.457 e. The fourth-order valence-electron chi connectivity index (χ4n) is 1.36. The number of ether oxygens (including phenoxy) is 1. The van der Waals surface area contributed by atoms with Gasteiger partial charge in [-0.05, 0) is 26.5 Å². The summed E-state index contributed by atoms with van der Waals surface area (Å²) in [6.45, 7) is 4.22. The number of aliphatic imine (C=N–C) groups is 1. The number of rotatable bonds is 9. The molecule has 19 heavy (non-hydrogen) atoms. The van der Waals surface area contributed by atoms with Gasteiger partial charge in [0.25, 0.3) is 0 Å². The van der Waals surface area contributed by atoms with Gasteiger partial charge in [0.1, 0.15) is 6.61 Å². The van der Waals surface area contributed by atoms with Gasteiger partial charge in [-0.25, -0.2) is 0 Å². The molecule has 0 rings (SSSR count). The van der Waals surface area contributed by atoms with Crippen molar-refractivity contribution in [2.75, 3.05) is 33.8 Å². The van der Waals surface area contributed by atoms with Crippen molar-refractivity contribution in [3.8, 4) is 0 Å². The van der Waals surface area contributed by atoms with Crippen LogP contribution in [0.5, 0.6) is 0 Å². The van der Waals surface area contributed by atoms with Crippen LogP contribution >= 0.6 is 0 Å². The van der Waals surface area contributed by atoms with Crippen molar-refractivity contribution in [2.45, 2.75) is 26.7 Å². The van der Waals surface area contributed by atoms with E-state index in [1.807, 2.05) is 18.0 Å². The maximum Gasteiger partial charge on any atom is 0.320 e. The van der Waals surface area contributed by atoms with Crippen LogP contribution in [0.25, 0.3) is 0 Å². The van der Waals surface area contributed by atoms with Crippen molar-refractivity contribution in [2.24, 2.45) is 4.99 Å². The van der Waals surface area contributed by atoms with Crippen LogP contribution in [0.2, 0.25) is 0 Å². The zero-order valence-electron chi connectivity index (χ0n) is 12.3. The van der Waals surface area contributed by atoms with E-state index < -0.39 is 0 Å². The maximum absolute atomic E-state index is 11.4. The molecule has 0 aliphatic heterocycles. The highest BCUT2D eigenvalue weighted by molar-refractivity contribution is 5.94. The van der Waals surface area contributed by atoms with E-state index in [4.69, 9.17) is 4.74 Å². The van der Waals surface area contributed by atoms with Crippen LogP contribution in [0.3, 0.4) is 0 Å². The molecule has 0 saturated carbocycles. The molecule has 0 aliphatic carbocycles. The third-order valence-electron chi connectivity index (χ3n) is 2.42. The zero-order valence-corrected chi connectivity index (χ0v) is 12.3. The highest BCUT2D eigenvalue weighted by atomic mass is 16.5. The Morgan fingerprint density at radius 1 is 1.37 bits per heavy atom. The molecule has 0 radical (unpaired) electrons. The Balaban J connectivity index is 3.97. The van der Waals surface area contributed by atoms with Gasteiger partial charge in [0.15, 0.2) is 5.78 Å². The van der Waals surface area contributed by atoms with Gasteiger partial charge in [-0.15, -0.1) is 0 Å². The standard InChI is InChI=1S/C14H24N2O3/c1-5-6-7-13(15-3)8-9-16(4)10-14(18)19-11-12(2)17/h6-7H,5,8-11H2,1-4H3/b7-6-,15-13?. The molecular formula is C14H24N2O3. The Morgan fingerprint density at radius 2 is 2.05 bits per heavy atom. The minimum absolute atomic E-state index is 0.145. The average Bonchev–Trinajstić information content (AvgIpc) is 2.36. The number of carbonyl (C=O) groups is 2. The van der Waals surface area contributed by atoms with Crippen LogP contribution in [0.15, 0.2) is 17.1 Å². The Labute approximate surface area is 115 Å². The lowest BCUT2D eigenvalue weighted by molar-refractivity contribution is -0.148. The molecule has 0 heterocycles. The van der Waals surface area contributed by atoms with E-state index in [9.17, 15) is 9.59 Å². The van der Waals surface area contributed by atoms with E-state index in [1.165, 1.54) is 6.92 Å². The summed E-state index contributed by atoms with van der Waals surface area (Å²) in [4.78, 5) is 28.1. The first-order valence-electron chi connectivity index (χ1n) is 6.45. The molecule has 0 bridgehead atoms. The average molecular weight is 268 g/mol. The molecule has 0 aromatic carbocycles. The number of hydrogen-bond donors (Lipinski definition) is 0. The molecule has 0 atom stereocenters. The van der Waals surface area contributed by atoms with Crippen LogP contribution in [-0.2, 0) is 14.3 Å². The van der Waals surface area contributed by atoms with E-state index in [0.717, 1.165) is 25.1 Å². The van der Waals surface area contributed by atoms with E-state index in [1.54, 1.807) is 7.05 Å². The monoisotopic (exact) mass is 268 g/mol. The largest absolute Gasteiger partial charge is 0.457 e. The summed E-state index contributed by atoms with van der Waals surface area (Å²) in [5.74, 6) is -0.530. The quantitative estimate of drug-likeness (QED) is 0.469. The normalized spacial score (nSPS) is 12.2. The second kappa shape index (κ2) is 10.4. The first-order chi connectivity index (χ1) is 8.99. The molecule has 0 aromatic rings. The third-order valence-corrected chi connectivity index (χ3v) is 2.42. The van der Waals surface area contributed by atoms with Crippen LogP contribution in [-0.4, -0.2) is 56.2 Å². The van der Waals surface area contributed by atoms with Gasteiger partial charge in [-0.2, -0.15) is 0 Å². The summed E-state index contributed by atoms with van der Waals surface area (Å²) in [7, 11) is 3.60. The van der Waals surface area contributed by atoms with Crippen LogP contribution in [0.4, 0.5) is 0 Å². The maximum atomic E-state index is 11.4. The van der Waals surface area contributed by atoms with Crippen molar-refractivity contribution in [3.05, 3.63) is 12.2 Å². The summed E-state index contributed by atoms with van der Waals surface area (Å²) in [5, 5.41) is 0. The predicted octanol–water partition coefficient (Wildman–Crippen LogP) is 1.48. The fraction of sp³-hybridized carbons (Fsp3) is 0.643. The third kappa shape index (κ3) is 10.1. The highest BCUT2D eigenvalue weighted by Crippen LogP contribution is 1.95. The molecule has 0 unspecified atom stereocenters. The molecule has 5 nitrogen and oxygen atoms in total. The number of likely N-dealkylation sites (N-methyl/N-ethyl adjacent to an activating group) is 1. The summed E-state index contributed by atoms with van der Waals surface area (Å²) >= 11 is 0. The molecule has 0 spiro atoms. The minimum atomic E-state index is -0.378. The number of nitrogens with zero attached hydrogens (tertiary/aromatic N) is 2. The van der Waals surface area contributed by atoms with Crippen molar-refractivity contribution < 1.29 is 14.3 Å². The molecule has 108 valence electrons. The van der Waals surface area contributed by atoms with E-state index in [0.29, 0.717) is 0 Å². The topological polar surface area (TPSA) is 59.0 Å². The Hall–Kier alpha value is -1.49. The Kier molecular flexibility index (Phi) is 9.62. The fourth-order valence-corrected chi connectivity index (χ4v) is 1.36. The highest BCUT2D eigenvalue weighted by Gasteiger charge is 2.09. The van der Waals surface area contributed by atoms with Crippen LogP contribution in [0, 0.1) is 0 Å². The molecule has 0 aromatic heterocycles. The lowest BCUT2D eigenvalue weighted by Crippen LogP contribution is -2.30. The SMILES string of the molecule is CC/C=C\C(CCN(C)CC(=O)OCC(C)=O)=NC. The number of Topliss-reactive ketones (excluding diaryl/α,β-unsaturated/α-hetero) is 1. The Morgan fingerprint density at radius 3 is 2.58 bits per heavy atom. The van der Waals surface area contributed by atoms with Gasteiger partial charge in [0.05, 0.1) is 6.54 Å². The molecule has 0 saturated heterocycles. The molecule has 0 N–H and O–H groups in total.